The molecule has 1 aromatic carbocycles. The number of carbonyl (C=O) groups excluding carboxylic acids is 1. The molecule has 1 amide bonds. The largest absolute Gasteiger partial charge is 0.337 e. The van der Waals surface area contributed by atoms with Crippen LogP contribution in [0.4, 0.5) is 4.39 Å². The minimum atomic E-state index is -0.374. The molecule has 0 saturated carbocycles. The lowest BCUT2D eigenvalue weighted by Gasteiger charge is -2.23. The van der Waals surface area contributed by atoms with Gasteiger partial charge < -0.3 is 10.2 Å². The molecule has 22 heavy (non-hydrogen) atoms. The maximum atomic E-state index is 13.9. The Bertz CT molecular complexity index is 654. The lowest BCUT2D eigenvalue weighted by Crippen LogP contribution is -2.38. The van der Waals surface area contributed by atoms with Crippen molar-refractivity contribution >= 4 is 18.3 Å². The third-order valence-electron chi connectivity index (χ3n) is 3.92. The van der Waals surface area contributed by atoms with E-state index in [4.69, 9.17) is 0 Å². The van der Waals surface area contributed by atoms with Gasteiger partial charge in [-0.2, -0.15) is 5.10 Å². The summed E-state index contributed by atoms with van der Waals surface area (Å²) < 4.78 is 13.9. The van der Waals surface area contributed by atoms with Gasteiger partial charge in [0.25, 0.3) is 5.91 Å². The lowest BCUT2D eigenvalue weighted by molar-refractivity contribution is 0.0744. The summed E-state index contributed by atoms with van der Waals surface area (Å²) in [5.41, 5.74) is 1.18. The topological polar surface area (TPSA) is 61.0 Å². The first kappa shape index (κ1) is 16.5. The van der Waals surface area contributed by atoms with Gasteiger partial charge in [-0.05, 0) is 25.1 Å². The number of benzene rings is 1. The van der Waals surface area contributed by atoms with E-state index in [1.165, 1.54) is 12.3 Å². The molecule has 1 atom stereocenters. The second-order valence-corrected chi connectivity index (χ2v) is 5.20. The van der Waals surface area contributed by atoms with Crippen LogP contribution in [-0.2, 0) is 0 Å². The minimum absolute atomic E-state index is 0. The molecular formula is C15H18ClFN4O. The molecule has 0 bridgehead atoms. The van der Waals surface area contributed by atoms with Crippen molar-refractivity contribution in [2.24, 2.45) is 0 Å². The van der Waals surface area contributed by atoms with Gasteiger partial charge >= 0.3 is 0 Å². The number of nitrogens with zero attached hydrogens (tertiary/aromatic N) is 2. The first-order valence-corrected chi connectivity index (χ1v) is 6.94. The van der Waals surface area contributed by atoms with E-state index in [2.05, 4.69) is 15.5 Å². The van der Waals surface area contributed by atoms with E-state index in [9.17, 15) is 9.18 Å². The Morgan fingerprint density at radius 2 is 2.18 bits per heavy atom. The number of aromatic nitrogens is 2. The number of nitrogens with one attached hydrogen (secondary N) is 2. The van der Waals surface area contributed by atoms with E-state index in [-0.39, 0.29) is 30.2 Å². The van der Waals surface area contributed by atoms with Gasteiger partial charge in [-0.3, -0.25) is 9.89 Å². The van der Waals surface area contributed by atoms with Crippen LogP contribution in [0.15, 0.2) is 30.5 Å². The molecule has 118 valence electrons. The fourth-order valence-corrected chi connectivity index (χ4v) is 2.64. The van der Waals surface area contributed by atoms with Crippen LogP contribution < -0.4 is 5.32 Å². The van der Waals surface area contributed by atoms with Gasteiger partial charge in [0.1, 0.15) is 5.82 Å². The smallest absolute Gasteiger partial charge is 0.257 e. The summed E-state index contributed by atoms with van der Waals surface area (Å²) in [5.74, 6) is -0.517. The van der Waals surface area contributed by atoms with Crippen molar-refractivity contribution in [3.8, 4) is 11.3 Å². The first-order valence-electron chi connectivity index (χ1n) is 6.94. The van der Waals surface area contributed by atoms with E-state index >= 15 is 0 Å². The number of H-pyrrole nitrogens is 1. The van der Waals surface area contributed by atoms with Crippen LogP contribution in [0.25, 0.3) is 11.3 Å². The molecule has 0 radical (unpaired) electrons. The minimum Gasteiger partial charge on any atom is -0.337 e. The van der Waals surface area contributed by atoms with Crippen molar-refractivity contribution in [1.82, 2.24) is 20.4 Å². The Morgan fingerprint density at radius 3 is 2.86 bits per heavy atom. The standard InChI is InChI=1S/C15H17FN4O.ClH/c1-20(10-6-7-17-8-10)15(21)12-9-18-19-14(12)11-4-2-3-5-13(11)16;/h2-5,9-10,17H,6-8H2,1H3,(H,18,19);1H. The zero-order chi connectivity index (χ0) is 14.8. The van der Waals surface area contributed by atoms with Gasteiger partial charge in [0, 0.05) is 25.2 Å². The van der Waals surface area contributed by atoms with Crippen molar-refractivity contribution in [3.63, 3.8) is 0 Å². The van der Waals surface area contributed by atoms with Crippen LogP contribution in [-0.4, -0.2) is 47.2 Å². The predicted molar refractivity (Wildman–Crippen MR) is 84.6 cm³/mol. The number of carbonyl (C=O) groups is 1. The van der Waals surface area contributed by atoms with Crippen LogP contribution >= 0.6 is 12.4 Å². The van der Waals surface area contributed by atoms with Crippen molar-refractivity contribution in [2.45, 2.75) is 12.5 Å². The Hall–Kier alpha value is -1.92. The molecule has 2 N–H and O–H groups in total. The van der Waals surface area contributed by atoms with Gasteiger partial charge in [-0.15, -0.1) is 12.4 Å². The zero-order valence-electron chi connectivity index (χ0n) is 12.2. The van der Waals surface area contributed by atoms with E-state index in [1.807, 2.05) is 0 Å². The maximum Gasteiger partial charge on any atom is 0.257 e. The number of hydrogen-bond acceptors (Lipinski definition) is 3. The molecule has 1 aliphatic heterocycles. The highest BCUT2D eigenvalue weighted by Gasteiger charge is 2.27. The van der Waals surface area contributed by atoms with Crippen LogP contribution in [0.2, 0.25) is 0 Å². The average Bonchev–Trinajstić information content (AvgIpc) is 3.17. The van der Waals surface area contributed by atoms with Crippen molar-refractivity contribution in [2.75, 3.05) is 20.1 Å². The Kier molecular flexibility index (Phi) is 5.15. The van der Waals surface area contributed by atoms with E-state index < -0.39 is 0 Å². The van der Waals surface area contributed by atoms with Crippen LogP contribution in [0.5, 0.6) is 0 Å². The first-order chi connectivity index (χ1) is 10.2. The van der Waals surface area contributed by atoms with Gasteiger partial charge in [-0.1, -0.05) is 12.1 Å². The van der Waals surface area contributed by atoms with Gasteiger partial charge in [0.05, 0.1) is 17.5 Å². The predicted octanol–water partition coefficient (Wildman–Crippen LogP) is 2.07. The number of rotatable bonds is 3. The van der Waals surface area contributed by atoms with E-state index in [0.717, 1.165) is 19.5 Å². The highest BCUT2D eigenvalue weighted by atomic mass is 35.5. The number of hydrogen-bond donors (Lipinski definition) is 2. The summed E-state index contributed by atoms with van der Waals surface area (Å²) in [6, 6.07) is 6.53. The molecule has 1 unspecified atom stereocenters. The molecule has 2 heterocycles. The van der Waals surface area contributed by atoms with Crippen molar-refractivity contribution < 1.29 is 9.18 Å². The Morgan fingerprint density at radius 1 is 1.41 bits per heavy atom. The van der Waals surface area contributed by atoms with Crippen LogP contribution in [0.3, 0.4) is 0 Å². The Balaban J connectivity index is 0.00000176. The average molecular weight is 325 g/mol. The molecule has 0 spiro atoms. The Labute approximate surface area is 134 Å². The quantitative estimate of drug-likeness (QED) is 0.908. The molecule has 0 aliphatic carbocycles. The van der Waals surface area contributed by atoms with Crippen molar-refractivity contribution in [1.29, 1.82) is 0 Å². The summed E-state index contributed by atoms with van der Waals surface area (Å²) in [7, 11) is 1.78. The van der Waals surface area contributed by atoms with Gasteiger partial charge in [-0.25, -0.2) is 4.39 Å². The second-order valence-electron chi connectivity index (χ2n) is 5.20. The third-order valence-corrected chi connectivity index (χ3v) is 3.92. The molecule has 1 aromatic heterocycles. The number of likely N-dealkylation sites (N-methyl/N-ethyl adjacent to an activating group) is 1. The fraction of sp³-hybridized carbons (Fsp3) is 0.333. The molecular weight excluding hydrogens is 307 g/mol. The molecule has 7 heteroatoms. The molecule has 1 fully saturated rings. The van der Waals surface area contributed by atoms with Gasteiger partial charge in [0.15, 0.2) is 0 Å². The molecule has 3 rings (SSSR count). The molecule has 5 nitrogen and oxygen atoms in total. The van der Waals surface area contributed by atoms with Crippen molar-refractivity contribution in [3.05, 3.63) is 41.8 Å². The normalized spacial score (nSPS) is 17.1. The zero-order valence-corrected chi connectivity index (χ0v) is 13.0. The monoisotopic (exact) mass is 324 g/mol. The SMILES string of the molecule is CN(C(=O)c1cn[nH]c1-c1ccccc1F)C1CCNC1.Cl. The lowest BCUT2D eigenvalue weighted by atomic mass is 10.1. The highest BCUT2D eigenvalue weighted by Crippen LogP contribution is 2.25. The van der Waals surface area contributed by atoms with Crippen LogP contribution in [0.1, 0.15) is 16.8 Å². The van der Waals surface area contributed by atoms with Gasteiger partial charge in [0.2, 0.25) is 0 Å². The molecule has 1 saturated heterocycles. The molecule has 1 aliphatic rings. The van der Waals surface area contributed by atoms with E-state index in [1.54, 1.807) is 30.1 Å². The summed E-state index contributed by atoms with van der Waals surface area (Å²) >= 11 is 0. The summed E-state index contributed by atoms with van der Waals surface area (Å²) in [5, 5.41) is 9.88. The highest BCUT2D eigenvalue weighted by molar-refractivity contribution is 5.99. The number of aromatic amines is 1. The number of amides is 1. The summed E-state index contributed by atoms with van der Waals surface area (Å²) in [4.78, 5) is 14.3. The van der Waals surface area contributed by atoms with E-state index in [0.29, 0.717) is 16.8 Å². The summed E-state index contributed by atoms with van der Waals surface area (Å²) in [6.45, 7) is 1.70. The molecule has 2 aromatic rings. The second kappa shape index (κ2) is 6.89. The number of halogens is 2. The summed E-state index contributed by atoms with van der Waals surface area (Å²) in [6.07, 6.45) is 2.39. The third kappa shape index (κ3) is 2.98. The maximum absolute atomic E-state index is 13.9. The fourth-order valence-electron chi connectivity index (χ4n) is 2.64. The van der Waals surface area contributed by atoms with Crippen LogP contribution in [0, 0.1) is 5.82 Å².